The van der Waals surface area contributed by atoms with Gasteiger partial charge in [0.25, 0.3) is 5.56 Å². The molecule has 1 aromatic carbocycles. The molecule has 0 saturated heterocycles. The minimum Gasteiger partial charge on any atom is -0.476 e. The molecular weight excluding hydrogens is 498 g/mol. The predicted molar refractivity (Wildman–Crippen MR) is 137 cm³/mol. The summed E-state index contributed by atoms with van der Waals surface area (Å²) in [5, 5.41) is 12.9. The molecule has 0 aliphatic carbocycles. The molecule has 4 aromatic rings. The van der Waals surface area contributed by atoms with Gasteiger partial charge >= 0.3 is 5.97 Å². The number of pyridine rings is 2. The minimum absolute atomic E-state index is 0.0867. The number of aryl methyl sites for hydroxylation is 1. The highest BCUT2D eigenvalue weighted by molar-refractivity contribution is 6.29. The summed E-state index contributed by atoms with van der Waals surface area (Å²) in [4.78, 5) is 35.8. The monoisotopic (exact) mass is 519 g/mol. The molecule has 1 atom stereocenters. The summed E-state index contributed by atoms with van der Waals surface area (Å²) in [5.74, 6) is 0.822. The second kappa shape index (κ2) is 8.67. The van der Waals surface area contributed by atoms with Gasteiger partial charge in [-0.15, -0.1) is 0 Å². The zero-order valence-electron chi connectivity index (χ0n) is 20.0. The first-order valence-corrected chi connectivity index (χ1v) is 12.0. The molecule has 11 heteroatoms. The van der Waals surface area contributed by atoms with Crippen LogP contribution in [0, 0.1) is 6.92 Å². The van der Waals surface area contributed by atoms with Crippen molar-refractivity contribution in [2.45, 2.75) is 33.0 Å². The molecule has 0 fully saturated rings. The highest BCUT2D eigenvalue weighted by Gasteiger charge is 2.29. The third-order valence-corrected chi connectivity index (χ3v) is 6.80. The Morgan fingerprint density at radius 2 is 2.00 bits per heavy atom. The van der Waals surface area contributed by atoms with Crippen molar-refractivity contribution in [3.63, 3.8) is 0 Å². The highest BCUT2D eigenvalue weighted by Crippen LogP contribution is 2.42. The molecule has 0 spiro atoms. The van der Waals surface area contributed by atoms with Crippen molar-refractivity contribution in [1.29, 1.82) is 0 Å². The number of anilines is 2. The summed E-state index contributed by atoms with van der Waals surface area (Å²) < 4.78 is 12.7. The molecule has 2 aliphatic rings. The number of aromatic nitrogens is 3. The van der Waals surface area contributed by atoms with E-state index in [9.17, 15) is 14.7 Å². The lowest BCUT2D eigenvalue weighted by molar-refractivity contribution is 0.0691. The first-order chi connectivity index (χ1) is 17.8. The van der Waals surface area contributed by atoms with Gasteiger partial charge in [0.15, 0.2) is 17.2 Å². The van der Waals surface area contributed by atoms with Gasteiger partial charge in [0.05, 0.1) is 11.7 Å². The van der Waals surface area contributed by atoms with Crippen LogP contribution in [-0.4, -0.2) is 32.2 Å². The average Bonchev–Trinajstić information content (AvgIpc) is 3.51. The molecule has 3 aromatic heterocycles. The number of hydrogen-bond acceptors (Lipinski definition) is 8. The van der Waals surface area contributed by atoms with E-state index < -0.39 is 12.0 Å². The number of nitrogens with one attached hydrogen (secondary N) is 1. The van der Waals surface area contributed by atoms with E-state index in [1.54, 1.807) is 12.3 Å². The van der Waals surface area contributed by atoms with Crippen molar-refractivity contribution in [1.82, 2.24) is 14.4 Å². The number of halogens is 1. The van der Waals surface area contributed by atoms with Crippen molar-refractivity contribution in [3.05, 3.63) is 86.0 Å². The fourth-order valence-electron chi connectivity index (χ4n) is 4.87. The molecule has 37 heavy (non-hydrogen) atoms. The predicted octanol–water partition coefficient (Wildman–Crippen LogP) is 4.17. The molecule has 5 heterocycles. The number of carboxylic acids is 1. The summed E-state index contributed by atoms with van der Waals surface area (Å²) in [6.45, 7) is 5.09. The molecule has 2 aliphatic heterocycles. The van der Waals surface area contributed by atoms with E-state index >= 15 is 0 Å². The Morgan fingerprint density at radius 3 is 2.81 bits per heavy atom. The third-order valence-electron chi connectivity index (χ3n) is 6.59. The largest absolute Gasteiger partial charge is 0.476 e. The van der Waals surface area contributed by atoms with E-state index in [-0.39, 0.29) is 23.2 Å². The van der Waals surface area contributed by atoms with Gasteiger partial charge in [-0.2, -0.15) is 0 Å². The Morgan fingerprint density at radius 1 is 1.16 bits per heavy atom. The SMILES string of the molecule is Cc1cc([C@H](C)Nc2ccc(Cl)nc2C(=O)O)c2nc(N3Cc4ccc5c(c4C3)OCO5)cc(=O)n2c1. The van der Waals surface area contributed by atoms with Crippen LogP contribution >= 0.6 is 11.6 Å². The average molecular weight is 520 g/mol. The molecule has 0 radical (unpaired) electrons. The van der Waals surface area contributed by atoms with Crippen LogP contribution < -0.4 is 25.2 Å². The Bertz CT molecular complexity index is 1650. The fourth-order valence-corrected chi connectivity index (χ4v) is 5.02. The lowest BCUT2D eigenvalue weighted by Gasteiger charge is -2.21. The summed E-state index contributed by atoms with van der Waals surface area (Å²) in [7, 11) is 0. The summed E-state index contributed by atoms with van der Waals surface area (Å²) in [5.41, 5.74) is 4.13. The second-order valence-corrected chi connectivity index (χ2v) is 9.50. The van der Waals surface area contributed by atoms with E-state index in [1.807, 2.05) is 36.9 Å². The fraction of sp³-hybridized carbons (Fsp3) is 0.231. The van der Waals surface area contributed by atoms with Crippen LogP contribution in [0.3, 0.4) is 0 Å². The van der Waals surface area contributed by atoms with Gasteiger partial charge < -0.3 is 24.8 Å². The maximum Gasteiger partial charge on any atom is 0.356 e. The van der Waals surface area contributed by atoms with E-state index in [0.717, 1.165) is 33.8 Å². The normalized spacial score (nSPS) is 14.6. The number of carbonyl (C=O) groups is 1. The number of carboxylic acid groups (broad SMARTS) is 1. The molecule has 10 nitrogen and oxygen atoms in total. The maximum absolute atomic E-state index is 13.2. The Hall–Kier alpha value is -4.31. The number of rotatable bonds is 5. The van der Waals surface area contributed by atoms with Gasteiger partial charge in [-0.1, -0.05) is 17.7 Å². The summed E-state index contributed by atoms with van der Waals surface area (Å²) in [6.07, 6.45) is 1.74. The van der Waals surface area contributed by atoms with E-state index in [4.69, 9.17) is 26.1 Å². The quantitative estimate of drug-likeness (QED) is 0.374. The first kappa shape index (κ1) is 23.1. The van der Waals surface area contributed by atoms with Crippen LogP contribution in [-0.2, 0) is 13.1 Å². The molecule has 0 saturated carbocycles. The van der Waals surface area contributed by atoms with Gasteiger partial charge in [0.2, 0.25) is 6.79 Å². The number of hydrogen-bond donors (Lipinski definition) is 2. The summed E-state index contributed by atoms with van der Waals surface area (Å²) >= 11 is 5.91. The summed E-state index contributed by atoms with van der Waals surface area (Å²) in [6, 6.07) is 10.1. The number of aromatic carboxylic acids is 1. The van der Waals surface area contributed by atoms with E-state index in [0.29, 0.717) is 30.2 Å². The van der Waals surface area contributed by atoms with Crippen LogP contribution in [0.15, 0.2) is 47.4 Å². The number of benzene rings is 1. The molecular formula is C26H22ClN5O5. The van der Waals surface area contributed by atoms with Crippen molar-refractivity contribution < 1.29 is 19.4 Å². The molecule has 6 rings (SSSR count). The number of nitrogens with zero attached hydrogens (tertiary/aromatic N) is 4. The van der Waals surface area contributed by atoms with Crippen molar-refractivity contribution in [2.75, 3.05) is 17.0 Å². The molecule has 188 valence electrons. The van der Waals surface area contributed by atoms with Crippen molar-refractivity contribution in [2.24, 2.45) is 0 Å². The van der Waals surface area contributed by atoms with Gasteiger partial charge in [-0.3, -0.25) is 9.20 Å². The van der Waals surface area contributed by atoms with E-state index in [1.165, 1.54) is 16.5 Å². The lowest BCUT2D eigenvalue weighted by Crippen LogP contribution is -2.23. The van der Waals surface area contributed by atoms with E-state index in [2.05, 4.69) is 10.3 Å². The van der Waals surface area contributed by atoms with Crippen molar-refractivity contribution in [3.8, 4) is 11.5 Å². The van der Waals surface area contributed by atoms with Gasteiger partial charge in [0, 0.05) is 36.5 Å². The zero-order valence-corrected chi connectivity index (χ0v) is 20.7. The smallest absolute Gasteiger partial charge is 0.356 e. The molecule has 0 amide bonds. The van der Waals surface area contributed by atoms with Gasteiger partial charge in [0.1, 0.15) is 16.6 Å². The Kier molecular flexibility index (Phi) is 5.41. The lowest BCUT2D eigenvalue weighted by atomic mass is 10.1. The third kappa shape index (κ3) is 3.99. The zero-order chi connectivity index (χ0) is 25.8. The minimum atomic E-state index is -1.20. The van der Waals surface area contributed by atoms with Crippen LogP contribution in [0.25, 0.3) is 5.65 Å². The van der Waals surface area contributed by atoms with Crippen LogP contribution in [0.1, 0.15) is 45.7 Å². The van der Waals surface area contributed by atoms with Crippen molar-refractivity contribution >= 4 is 34.7 Å². The molecule has 2 N–H and O–H groups in total. The topological polar surface area (TPSA) is 118 Å². The Labute approximate surface area is 216 Å². The van der Waals surface area contributed by atoms with Gasteiger partial charge in [-0.25, -0.2) is 14.8 Å². The highest BCUT2D eigenvalue weighted by atomic mass is 35.5. The molecule has 0 bridgehead atoms. The van der Waals surface area contributed by atoms with Crippen LogP contribution in [0.4, 0.5) is 11.5 Å². The number of ether oxygens (including phenoxy) is 2. The Balaban J connectivity index is 1.39. The van der Waals surface area contributed by atoms with Crippen LogP contribution in [0.2, 0.25) is 5.15 Å². The maximum atomic E-state index is 13.2. The van der Waals surface area contributed by atoms with Gasteiger partial charge in [-0.05, 0) is 49.2 Å². The first-order valence-electron chi connectivity index (χ1n) is 11.6. The second-order valence-electron chi connectivity index (χ2n) is 9.11. The molecule has 0 unspecified atom stereocenters. The number of fused-ring (bicyclic) bond motifs is 4. The standard InChI is InChI=1S/C26H22ClN5O5/c1-13-7-16(14(2)28-18-4-6-20(27)29-23(18)26(34)35)25-30-21(8-22(33)32(25)9-13)31-10-15-3-5-19-24(17(15)11-31)37-12-36-19/h3-9,14,28H,10-12H2,1-2H3,(H,34,35)/t14-/m0/s1. The van der Waals surface area contributed by atoms with Crippen LogP contribution in [0.5, 0.6) is 11.5 Å².